The van der Waals surface area contributed by atoms with Crippen LogP contribution in [0.15, 0.2) is 6.33 Å². The predicted octanol–water partition coefficient (Wildman–Crippen LogP) is -0.338. The molecule has 82 valence electrons. The number of hydrogen-bond acceptors (Lipinski definition) is 4. The lowest BCUT2D eigenvalue weighted by Crippen LogP contribution is -2.40. The van der Waals surface area contributed by atoms with Gasteiger partial charge in [0, 0.05) is 6.04 Å². The van der Waals surface area contributed by atoms with Gasteiger partial charge in [0.25, 0.3) is 5.91 Å². The molecule has 1 fully saturated rings. The number of carbonyl (C=O) groups is 1. The first-order valence-corrected chi connectivity index (χ1v) is 5.17. The third-order valence-electron chi connectivity index (χ3n) is 2.91. The second-order valence-corrected chi connectivity index (χ2v) is 3.84. The van der Waals surface area contributed by atoms with E-state index in [2.05, 4.69) is 20.5 Å². The van der Waals surface area contributed by atoms with E-state index in [4.69, 9.17) is 5.73 Å². The van der Waals surface area contributed by atoms with Gasteiger partial charge in [0.1, 0.15) is 6.33 Å². The number of nitrogens with zero attached hydrogens (tertiary/aromatic N) is 2. The molecular formula is C9H15N5O. The third kappa shape index (κ3) is 2.15. The topological polar surface area (TPSA) is 96.7 Å². The number of hydrogen-bond donors (Lipinski definition) is 3. The second-order valence-electron chi connectivity index (χ2n) is 3.84. The van der Waals surface area contributed by atoms with E-state index in [1.807, 2.05) is 0 Å². The van der Waals surface area contributed by atoms with Crippen LogP contribution in [0.3, 0.4) is 0 Å². The summed E-state index contributed by atoms with van der Waals surface area (Å²) in [6.45, 7) is 0.626. The molecule has 2 atom stereocenters. The van der Waals surface area contributed by atoms with Gasteiger partial charge in [-0.3, -0.25) is 9.89 Å². The van der Waals surface area contributed by atoms with Crippen molar-refractivity contribution in [3.63, 3.8) is 0 Å². The Morgan fingerprint density at radius 3 is 3.20 bits per heavy atom. The van der Waals surface area contributed by atoms with Gasteiger partial charge in [0.15, 0.2) is 0 Å². The third-order valence-corrected chi connectivity index (χ3v) is 2.91. The molecule has 2 rings (SSSR count). The van der Waals surface area contributed by atoms with Crippen molar-refractivity contribution >= 4 is 5.91 Å². The Kier molecular flexibility index (Phi) is 2.96. The van der Waals surface area contributed by atoms with Crippen LogP contribution >= 0.6 is 0 Å². The molecule has 4 N–H and O–H groups in total. The number of nitrogens with one attached hydrogen (secondary N) is 2. The fraction of sp³-hybridized carbons (Fsp3) is 0.667. The summed E-state index contributed by atoms with van der Waals surface area (Å²) < 4.78 is 0. The lowest BCUT2D eigenvalue weighted by atomic mass is 10.0. The van der Waals surface area contributed by atoms with E-state index in [0.717, 1.165) is 19.3 Å². The molecule has 0 aliphatic heterocycles. The van der Waals surface area contributed by atoms with E-state index in [0.29, 0.717) is 12.5 Å². The molecular weight excluding hydrogens is 194 g/mol. The van der Waals surface area contributed by atoms with Crippen LogP contribution in [-0.2, 0) is 0 Å². The second kappa shape index (κ2) is 4.39. The van der Waals surface area contributed by atoms with Crippen LogP contribution < -0.4 is 11.1 Å². The number of amides is 1. The van der Waals surface area contributed by atoms with E-state index in [9.17, 15) is 4.79 Å². The van der Waals surface area contributed by atoms with Crippen molar-refractivity contribution in [2.24, 2.45) is 11.7 Å². The Morgan fingerprint density at radius 1 is 1.67 bits per heavy atom. The first-order valence-electron chi connectivity index (χ1n) is 5.17. The molecule has 0 bridgehead atoms. The summed E-state index contributed by atoms with van der Waals surface area (Å²) in [4.78, 5) is 15.4. The molecule has 0 spiro atoms. The molecule has 1 saturated carbocycles. The van der Waals surface area contributed by atoms with Crippen LogP contribution in [0, 0.1) is 5.92 Å². The van der Waals surface area contributed by atoms with Crippen molar-refractivity contribution in [1.82, 2.24) is 20.5 Å². The highest BCUT2D eigenvalue weighted by molar-refractivity contribution is 5.90. The van der Waals surface area contributed by atoms with E-state index < -0.39 is 0 Å². The Balaban J connectivity index is 1.94. The minimum atomic E-state index is -0.196. The fourth-order valence-corrected chi connectivity index (χ4v) is 2.06. The highest BCUT2D eigenvalue weighted by atomic mass is 16.2. The number of aromatic amines is 1. The molecule has 15 heavy (non-hydrogen) atoms. The van der Waals surface area contributed by atoms with Gasteiger partial charge in [-0.2, -0.15) is 5.10 Å². The molecule has 6 nitrogen and oxygen atoms in total. The molecule has 1 aliphatic carbocycles. The number of aromatic nitrogens is 3. The maximum atomic E-state index is 11.6. The van der Waals surface area contributed by atoms with Gasteiger partial charge in [-0.15, -0.1) is 0 Å². The van der Waals surface area contributed by atoms with Gasteiger partial charge in [-0.05, 0) is 25.3 Å². The van der Waals surface area contributed by atoms with Gasteiger partial charge >= 0.3 is 0 Å². The van der Waals surface area contributed by atoms with Crippen LogP contribution in [0.2, 0.25) is 0 Å². The molecule has 2 unspecified atom stereocenters. The molecule has 0 radical (unpaired) electrons. The van der Waals surface area contributed by atoms with Crippen LogP contribution in [0.1, 0.15) is 29.9 Å². The highest BCUT2D eigenvalue weighted by Crippen LogP contribution is 2.24. The fourth-order valence-electron chi connectivity index (χ4n) is 2.06. The summed E-state index contributed by atoms with van der Waals surface area (Å²) in [5, 5.41) is 9.10. The van der Waals surface area contributed by atoms with Crippen molar-refractivity contribution in [2.45, 2.75) is 25.3 Å². The monoisotopic (exact) mass is 209 g/mol. The van der Waals surface area contributed by atoms with Gasteiger partial charge in [-0.1, -0.05) is 6.42 Å². The average molecular weight is 209 g/mol. The maximum Gasteiger partial charge on any atom is 0.288 e. The summed E-state index contributed by atoms with van der Waals surface area (Å²) in [6, 6.07) is 0.188. The first kappa shape index (κ1) is 10.1. The Morgan fingerprint density at radius 2 is 2.53 bits per heavy atom. The lowest BCUT2D eigenvalue weighted by Gasteiger charge is -2.18. The molecule has 1 aromatic heterocycles. The SMILES string of the molecule is NCC1CCCC1NC(=O)c1ncn[nH]1. The zero-order valence-electron chi connectivity index (χ0n) is 8.44. The zero-order valence-corrected chi connectivity index (χ0v) is 8.44. The summed E-state index contributed by atoms with van der Waals surface area (Å²) in [5.41, 5.74) is 5.63. The lowest BCUT2D eigenvalue weighted by molar-refractivity contribution is 0.0918. The Bertz CT molecular complexity index is 323. The van der Waals surface area contributed by atoms with Crippen molar-refractivity contribution < 1.29 is 4.79 Å². The molecule has 6 heteroatoms. The molecule has 0 aromatic carbocycles. The normalized spacial score (nSPS) is 25.4. The number of H-pyrrole nitrogens is 1. The van der Waals surface area contributed by atoms with Crippen molar-refractivity contribution in [3.8, 4) is 0 Å². The van der Waals surface area contributed by atoms with Crippen LogP contribution in [0.25, 0.3) is 0 Å². The van der Waals surface area contributed by atoms with Gasteiger partial charge < -0.3 is 11.1 Å². The quantitative estimate of drug-likeness (QED) is 0.634. The van der Waals surface area contributed by atoms with Gasteiger partial charge in [0.2, 0.25) is 5.82 Å². The van der Waals surface area contributed by atoms with E-state index in [-0.39, 0.29) is 17.8 Å². The van der Waals surface area contributed by atoms with Gasteiger partial charge in [-0.25, -0.2) is 4.98 Å². The summed E-state index contributed by atoms with van der Waals surface area (Å²) in [5.74, 6) is 0.465. The molecule has 0 saturated heterocycles. The van der Waals surface area contributed by atoms with Crippen molar-refractivity contribution in [1.29, 1.82) is 0 Å². The summed E-state index contributed by atoms with van der Waals surface area (Å²) in [7, 11) is 0. The van der Waals surface area contributed by atoms with E-state index in [1.165, 1.54) is 6.33 Å². The standard InChI is InChI=1S/C9H15N5O/c10-4-6-2-1-3-7(6)13-9(15)8-11-5-12-14-8/h5-7H,1-4,10H2,(H,13,15)(H,11,12,14). The predicted molar refractivity (Wildman–Crippen MR) is 54.0 cm³/mol. The number of carbonyl (C=O) groups excluding carboxylic acids is 1. The van der Waals surface area contributed by atoms with Crippen LogP contribution in [0.5, 0.6) is 0 Å². The average Bonchev–Trinajstić information content (AvgIpc) is 2.87. The molecule has 1 amide bonds. The summed E-state index contributed by atoms with van der Waals surface area (Å²) in [6.07, 6.45) is 4.55. The Labute approximate surface area is 87.6 Å². The minimum absolute atomic E-state index is 0.188. The number of rotatable bonds is 3. The Hall–Kier alpha value is -1.43. The first-order chi connectivity index (χ1) is 7.31. The summed E-state index contributed by atoms with van der Waals surface area (Å²) >= 11 is 0. The largest absolute Gasteiger partial charge is 0.346 e. The van der Waals surface area contributed by atoms with Gasteiger partial charge in [0.05, 0.1) is 0 Å². The van der Waals surface area contributed by atoms with Crippen LogP contribution in [-0.4, -0.2) is 33.7 Å². The van der Waals surface area contributed by atoms with Crippen molar-refractivity contribution in [2.75, 3.05) is 6.54 Å². The number of nitrogens with two attached hydrogens (primary N) is 1. The smallest absolute Gasteiger partial charge is 0.288 e. The molecule has 1 aliphatic rings. The van der Waals surface area contributed by atoms with E-state index >= 15 is 0 Å². The van der Waals surface area contributed by atoms with Crippen LogP contribution in [0.4, 0.5) is 0 Å². The van der Waals surface area contributed by atoms with E-state index in [1.54, 1.807) is 0 Å². The van der Waals surface area contributed by atoms with Crippen molar-refractivity contribution in [3.05, 3.63) is 12.2 Å². The molecule has 1 heterocycles. The minimum Gasteiger partial charge on any atom is -0.346 e. The highest BCUT2D eigenvalue weighted by Gasteiger charge is 2.28. The zero-order chi connectivity index (χ0) is 10.7. The maximum absolute atomic E-state index is 11.6. The molecule has 1 aromatic rings.